The second kappa shape index (κ2) is 10.3. The maximum Gasteiger partial charge on any atom is 0.451 e. The van der Waals surface area contributed by atoms with Gasteiger partial charge >= 0.3 is 6.18 Å². The first-order valence-electron chi connectivity index (χ1n) is 8.83. The summed E-state index contributed by atoms with van der Waals surface area (Å²) < 4.78 is 42.7. The minimum Gasteiger partial charge on any atom is -0.486 e. The van der Waals surface area contributed by atoms with Crippen molar-refractivity contribution in [1.29, 1.82) is 0 Å². The summed E-state index contributed by atoms with van der Waals surface area (Å²) in [5.74, 6) is -2.77. The number of rotatable bonds is 9. The Bertz CT molecular complexity index is 560. The highest BCUT2D eigenvalue weighted by molar-refractivity contribution is 5.86. The third-order valence-electron chi connectivity index (χ3n) is 3.95. The lowest BCUT2D eigenvalue weighted by atomic mass is 9.98. The molecule has 1 heterocycles. The highest BCUT2D eigenvalue weighted by Crippen LogP contribution is 2.18. The van der Waals surface area contributed by atoms with E-state index in [2.05, 4.69) is 10.6 Å². The van der Waals surface area contributed by atoms with Gasteiger partial charge in [-0.05, 0) is 18.9 Å². The molecular formula is C17H26F3N3O4. The van der Waals surface area contributed by atoms with Crippen LogP contribution in [0, 0.1) is 0 Å². The van der Waals surface area contributed by atoms with Gasteiger partial charge in [-0.25, -0.2) is 0 Å². The average molecular weight is 393 g/mol. The van der Waals surface area contributed by atoms with Crippen LogP contribution in [0.4, 0.5) is 13.2 Å². The van der Waals surface area contributed by atoms with Crippen LogP contribution in [0.1, 0.15) is 33.6 Å². The molecule has 1 aliphatic rings. The van der Waals surface area contributed by atoms with E-state index in [0.717, 1.165) is 12.8 Å². The Morgan fingerprint density at radius 1 is 1.15 bits per heavy atom. The van der Waals surface area contributed by atoms with Crippen LogP contribution >= 0.6 is 0 Å². The predicted molar refractivity (Wildman–Crippen MR) is 91.6 cm³/mol. The molecule has 154 valence electrons. The van der Waals surface area contributed by atoms with Crippen LogP contribution in [0.2, 0.25) is 0 Å². The number of nitrogens with zero attached hydrogens (tertiary/aromatic N) is 1. The van der Waals surface area contributed by atoms with E-state index in [4.69, 9.17) is 4.74 Å². The summed E-state index contributed by atoms with van der Waals surface area (Å²) >= 11 is 0. The molecule has 0 fully saturated rings. The molecule has 1 aliphatic heterocycles. The zero-order valence-electron chi connectivity index (χ0n) is 15.6. The zero-order valence-corrected chi connectivity index (χ0v) is 15.6. The van der Waals surface area contributed by atoms with Gasteiger partial charge in [0, 0.05) is 20.0 Å². The van der Waals surface area contributed by atoms with Crippen molar-refractivity contribution in [3.05, 3.63) is 12.3 Å². The molecule has 0 bridgehead atoms. The van der Waals surface area contributed by atoms with Crippen LogP contribution < -0.4 is 10.6 Å². The number of amides is 2. The van der Waals surface area contributed by atoms with Gasteiger partial charge in [-0.1, -0.05) is 13.8 Å². The number of hydrogen-bond acceptors (Lipinski definition) is 5. The van der Waals surface area contributed by atoms with Crippen molar-refractivity contribution in [2.24, 2.45) is 0 Å². The zero-order chi connectivity index (χ0) is 20.6. The number of alkyl halides is 3. The molecule has 0 spiro atoms. The lowest BCUT2D eigenvalue weighted by molar-refractivity contribution is -0.170. The second-order valence-corrected chi connectivity index (χ2v) is 6.26. The van der Waals surface area contributed by atoms with Crippen LogP contribution in [-0.4, -0.2) is 66.5 Å². The van der Waals surface area contributed by atoms with Gasteiger partial charge in [-0.15, -0.1) is 0 Å². The number of ether oxygens (including phenoxy) is 1. The Labute approximate surface area is 156 Å². The summed E-state index contributed by atoms with van der Waals surface area (Å²) in [6.45, 7) is 5.07. The maximum atomic E-state index is 12.9. The molecule has 0 saturated heterocycles. The van der Waals surface area contributed by atoms with Crippen molar-refractivity contribution in [1.82, 2.24) is 15.5 Å². The van der Waals surface area contributed by atoms with Gasteiger partial charge < -0.3 is 20.3 Å². The number of carbonyl (C=O) groups is 3. The quantitative estimate of drug-likeness (QED) is 0.614. The molecule has 0 unspecified atom stereocenters. The van der Waals surface area contributed by atoms with Crippen LogP contribution in [0.3, 0.4) is 0 Å². The summed E-state index contributed by atoms with van der Waals surface area (Å²) in [5.41, 5.74) is 0. The van der Waals surface area contributed by atoms with Gasteiger partial charge in [0.05, 0.1) is 24.9 Å². The molecule has 0 saturated carbocycles. The van der Waals surface area contributed by atoms with Gasteiger partial charge in [-0.2, -0.15) is 13.2 Å². The van der Waals surface area contributed by atoms with Crippen molar-refractivity contribution in [3.8, 4) is 0 Å². The molecule has 27 heavy (non-hydrogen) atoms. The molecule has 0 aromatic rings. The van der Waals surface area contributed by atoms with Crippen LogP contribution in [0.15, 0.2) is 12.3 Å². The van der Waals surface area contributed by atoms with Gasteiger partial charge in [0.1, 0.15) is 0 Å². The molecule has 3 atom stereocenters. The molecule has 10 heteroatoms. The number of nitrogens with one attached hydrogen (secondary N) is 2. The molecule has 7 nitrogen and oxygen atoms in total. The van der Waals surface area contributed by atoms with E-state index in [9.17, 15) is 27.6 Å². The molecule has 2 amide bonds. The predicted octanol–water partition coefficient (Wildman–Crippen LogP) is 1.14. The Morgan fingerprint density at radius 2 is 1.74 bits per heavy atom. The molecule has 0 radical (unpaired) electrons. The van der Waals surface area contributed by atoms with Crippen molar-refractivity contribution in [2.75, 3.05) is 19.6 Å². The fourth-order valence-electron chi connectivity index (χ4n) is 2.78. The van der Waals surface area contributed by atoms with E-state index in [1.54, 1.807) is 4.90 Å². The van der Waals surface area contributed by atoms with E-state index in [0.29, 0.717) is 13.1 Å². The molecule has 2 N–H and O–H groups in total. The summed E-state index contributed by atoms with van der Waals surface area (Å²) in [7, 11) is 0. The maximum absolute atomic E-state index is 12.9. The van der Waals surface area contributed by atoms with E-state index >= 15 is 0 Å². The smallest absolute Gasteiger partial charge is 0.451 e. The van der Waals surface area contributed by atoms with Crippen molar-refractivity contribution < 1.29 is 32.3 Å². The highest BCUT2D eigenvalue weighted by Gasteiger charge is 2.42. The number of carbonyl (C=O) groups excluding carboxylic acids is 3. The fraction of sp³-hybridized carbons (Fsp3) is 0.706. The Hall–Kier alpha value is -2.10. The molecule has 0 aromatic carbocycles. The van der Waals surface area contributed by atoms with Crippen molar-refractivity contribution in [2.45, 2.75) is 58.0 Å². The Balaban J connectivity index is 2.97. The Kier molecular flexibility index (Phi) is 8.74. The summed E-state index contributed by atoms with van der Waals surface area (Å²) in [4.78, 5) is 37.1. The number of hydrogen-bond donors (Lipinski definition) is 2. The molecule has 0 aromatic heterocycles. The highest BCUT2D eigenvalue weighted by atomic mass is 19.4. The van der Waals surface area contributed by atoms with E-state index < -0.39 is 42.6 Å². The third kappa shape index (κ3) is 6.85. The molecular weight excluding hydrogens is 367 g/mol. The first kappa shape index (κ1) is 22.9. The molecule has 1 rings (SSSR count). The summed E-state index contributed by atoms with van der Waals surface area (Å²) in [6.07, 6.45) is -2.04. The van der Waals surface area contributed by atoms with E-state index in [1.807, 2.05) is 13.8 Å². The number of Topliss-reactive ketones (excluding diaryl/α,β-unsaturated/α-hetero) is 1. The topological polar surface area (TPSA) is 87.7 Å². The largest absolute Gasteiger partial charge is 0.486 e. The third-order valence-corrected chi connectivity index (χ3v) is 3.95. The monoisotopic (exact) mass is 393 g/mol. The van der Waals surface area contributed by atoms with Crippen molar-refractivity contribution in [3.63, 3.8) is 0 Å². The first-order chi connectivity index (χ1) is 12.6. The molecule has 0 aliphatic carbocycles. The van der Waals surface area contributed by atoms with E-state index in [-0.39, 0.29) is 5.91 Å². The van der Waals surface area contributed by atoms with Crippen LogP contribution in [0.25, 0.3) is 0 Å². The van der Waals surface area contributed by atoms with E-state index in [1.165, 1.54) is 19.3 Å². The van der Waals surface area contributed by atoms with Gasteiger partial charge in [0.2, 0.25) is 11.7 Å². The normalized spacial score (nSPS) is 22.1. The second-order valence-electron chi connectivity index (χ2n) is 6.26. The minimum atomic E-state index is -4.96. The van der Waals surface area contributed by atoms with Crippen molar-refractivity contribution >= 4 is 17.6 Å². The number of halogens is 3. The lowest BCUT2D eigenvalue weighted by Gasteiger charge is -2.37. The van der Waals surface area contributed by atoms with Gasteiger partial charge in [0.25, 0.3) is 5.91 Å². The minimum absolute atomic E-state index is 0.365. The van der Waals surface area contributed by atoms with Gasteiger partial charge in [0.15, 0.2) is 6.10 Å². The van der Waals surface area contributed by atoms with Gasteiger partial charge in [-0.3, -0.25) is 14.4 Å². The average Bonchev–Trinajstić information content (AvgIpc) is 2.58. The van der Waals surface area contributed by atoms with Crippen LogP contribution in [-0.2, 0) is 19.1 Å². The first-order valence-corrected chi connectivity index (χ1v) is 8.83. The van der Waals surface area contributed by atoms with Crippen LogP contribution in [0.5, 0.6) is 0 Å². The lowest BCUT2D eigenvalue weighted by Crippen LogP contribution is -2.62. The number of ketones is 1. The summed E-state index contributed by atoms with van der Waals surface area (Å²) in [5, 5.41) is 5.00. The fourth-order valence-corrected chi connectivity index (χ4v) is 2.78. The summed E-state index contributed by atoms with van der Waals surface area (Å²) in [6, 6.07) is -1.81. The Morgan fingerprint density at radius 3 is 2.22 bits per heavy atom. The SMILES string of the molecule is CCCN(CCC)C(=O)[C@@H]1OC=C[C@H](NCC(=O)C(F)(F)F)[C@H]1NC(C)=O. The standard InChI is InChI=1S/C17H26F3N3O4/c1-4-7-23(8-5-2)16(26)15-14(22-11(3)24)12(6-9-27-15)21-10-13(25)17(18,19)20/h6,9,12,14-15,21H,4-5,7-8,10H2,1-3H3,(H,22,24)/t12-,14+,15+/m0/s1.